The number of aryl methyl sites for hydroxylation is 1. The maximum atomic E-state index is 5.78. The van der Waals surface area contributed by atoms with Crippen LogP contribution in [0.15, 0.2) is 29.3 Å². The summed E-state index contributed by atoms with van der Waals surface area (Å²) in [6.07, 6.45) is 4.67. The van der Waals surface area contributed by atoms with Gasteiger partial charge in [-0.3, -0.25) is 0 Å². The average molecular weight is 217 g/mol. The Bertz CT molecular complexity index is 363. The molecule has 0 atom stereocenters. The van der Waals surface area contributed by atoms with E-state index in [0.29, 0.717) is 12.0 Å². The lowest BCUT2D eigenvalue weighted by Gasteiger charge is -2.06. The summed E-state index contributed by atoms with van der Waals surface area (Å²) in [6, 6.07) is 8.85. The van der Waals surface area contributed by atoms with Crippen LogP contribution in [0, 0.1) is 0 Å². The third-order valence-electron chi connectivity index (χ3n) is 2.63. The van der Waals surface area contributed by atoms with Crippen LogP contribution in [0.1, 0.15) is 31.7 Å². The van der Waals surface area contributed by atoms with Crippen LogP contribution in [-0.4, -0.2) is 12.0 Å². The van der Waals surface area contributed by atoms with Crippen LogP contribution in [0.4, 0.5) is 5.69 Å². The van der Waals surface area contributed by atoms with Crippen molar-refractivity contribution in [3.63, 3.8) is 0 Å². The van der Waals surface area contributed by atoms with Gasteiger partial charge in [-0.2, -0.15) is 0 Å². The highest BCUT2D eigenvalue weighted by Gasteiger charge is 2.20. The minimum Gasteiger partial charge on any atom is -0.370 e. The number of guanidine groups is 1. The average Bonchev–Trinajstić information content (AvgIpc) is 3.05. The highest BCUT2D eigenvalue weighted by molar-refractivity contribution is 5.92. The molecule has 0 bridgehead atoms. The second-order valence-electron chi connectivity index (χ2n) is 4.32. The van der Waals surface area contributed by atoms with Gasteiger partial charge in [0.1, 0.15) is 0 Å². The first-order valence-corrected chi connectivity index (χ1v) is 5.97. The predicted octanol–water partition coefficient (Wildman–Crippen LogP) is 2.53. The molecule has 0 spiro atoms. The van der Waals surface area contributed by atoms with E-state index >= 15 is 0 Å². The van der Waals surface area contributed by atoms with Gasteiger partial charge in [-0.1, -0.05) is 25.5 Å². The lowest BCUT2D eigenvalue weighted by molar-refractivity contribution is 0.922. The number of hydrogen-bond donors (Lipinski definition) is 2. The Labute approximate surface area is 96.8 Å². The number of nitrogens with one attached hydrogen (secondary N) is 1. The molecule has 3 N–H and O–H groups in total. The molecule has 86 valence electrons. The quantitative estimate of drug-likeness (QED) is 0.601. The van der Waals surface area contributed by atoms with Crippen molar-refractivity contribution in [2.24, 2.45) is 10.7 Å². The van der Waals surface area contributed by atoms with Crippen molar-refractivity contribution in [1.82, 2.24) is 0 Å². The minimum absolute atomic E-state index is 0.465. The summed E-state index contributed by atoms with van der Waals surface area (Å²) >= 11 is 0. The largest absolute Gasteiger partial charge is 0.370 e. The summed E-state index contributed by atoms with van der Waals surface area (Å²) in [5, 5.41) is 3.11. The summed E-state index contributed by atoms with van der Waals surface area (Å²) in [6.45, 7) is 2.19. The number of benzene rings is 1. The lowest BCUT2D eigenvalue weighted by Crippen LogP contribution is -2.22. The summed E-state index contributed by atoms with van der Waals surface area (Å²) in [5.74, 6) is 0.533. The zero-order valence-electron chi connectivity index (χ0n) is 9.74. The maximum Gasteiger partial charge on any atom is 0.193 e. The molecule has 0 amide bonds. The van der Waals surface area contributed by atoms with E-state index in [1.54, 1.807) is 0 Å². The molecule has 16 heavy (non-hydrogen) atoms. The van der Waals surface area contributed by atoms with Crippen LogP contribution in [0.5, 0.6) is 0 Å². The number of hydrogen-bond acceptors (Lipinski definition) is 1. The first-order valence-electron chi connectivity index (χ1n) is 5.97. The van der Waals surface area contributed by atoms with Crippen molar-refractivity contribution in [2.45, 2.75) is 38.6 Å². The zero-order valence-corrected chi connectivity index (χ0v) is 9.74. The molecule has 3 heteroatoms. The Morgan fingerprint density at radius 3 is 2.62 bits per heavy atom. The summed E-state index contributed by atoms with van der Waals surface area (Å²) in [5.41, 5.74) is 8.16. The molecule has 1 aliphatic carbocycles. The molecular weight excluding hydrogens is 198 g/mol. The molecule has 1 aliphatic rings. The lowest BCUT2D eigenvalue weighted by atomic mass is 10.1. The highest BCUT2D eigenvalue weighted by atomic mass is 15.1. The number of nitrogens with two attached hydrogens (primary N) is 1. The third-order valence-corrected chi connectivity index (χ3v) is 2.63. The number of aliphatic imine (C=N–C) groups is 1. The Hall–Kier alpha value is -1.51. The van der Waals surface area contributed by atoms with Gasteiger partial charge in [0.05, 0.1) is 6.04 Å². The number of nitrogens with zero attached hydrogens (tertiary/aromatic N) is 1. The fourth-order valence-corrected chi connectivity index (χ4v) is 1.62. The highest BCUT2D eigenvalue weighted by Crippen LogP contribution is 2.23. The van der Waals surface area contributed by atoms with Gasteiger partial charge < -0.3 is 11.1 Å². The topological polar surface area (TPSA) is 50.4 Å². The van der Waals surface area contributed by atoms with E-state index in [2.05, 4.69) is 41.5 Å². The molecule has 3 nitrogen and oxygen atoms in total. The van der Waals surface area contributed by atoms with E-state index in [9.17, 15) is 0 Å². The van der Waals surface area contributed by atoms with E-state index in [0.717, 1.165) is 12.1 Å². The van der Waals surface area contributed by atoms with Gasteiger partial charge in [0.2, 0.25) is 0 Å². The molecule has 0 saturated heterocycles. The van der Waals surface area contributed by atoms with Crippen LogP contribution in [-0.2, 0) is 6.42 Å². The molecule has 2 rings (SSSR count). The van der Waals surface area contributed by atoms with Gasteiger partial charge >= 0.3 is 0 Å². The Balaban J connectivity index is 1.93. The molecule has 0 unspecified atom stereocenters. The van der Waals surface area contributed by atoms with Gasteiger partial charge in [0, 0.05) is 5.69 Å². The van der Waals surface area contributed by atoms with Crippen molar-refractivity contribution in [2.75, 3.05) is 5.32 Å². The molecule has 0 aliphatic heterocycles. The first-order chi connectivity index (χ1) is 7.78. The molecular formula is C13H19N3. The molecule has 0 heterocycles. The fraction of sp³-hybridized carbons (Fsp3) is 0.462. The van der Waals surface area contributed by atoms with E-state index in [1.807, 2.05) is 0 Å². The van der Waals surface area contributed by atoms with E-state index < -0.39 is 0 Å². The molecule has 0 aromatic heterocycles. The van der Waals surface area contributed by atoms with Gasteiger partial charge in [-0.15, -0.1) is 0 Å². The monoisotopic (exact) mass is 217 g/mol. The summed E-state index contributed by atoms with van der Waals surface area (Å²) in [4.78, 5) is 4.33. The minimum atomic E-state index is 0.465. The Morgan fingerprint density at radius 2 is 2.06 bits per heavy atom. The van der Waals surface area contributed by atoms with Crippen molar-refractivity contribution < 1.29 is 0 Å². The Morgan fingerprint density at radius 1 is 1.38 bits per heavy atom. The maximum absolute atomic E-state index is 5.78. The summed E-state index contributed by atoms with van der Waals surface area (Å²) in [7, 11) is 0. The SMILES string of the molecule is CCCc1ccc(NC(N)=NC2CC2)cc1. The smallest absolute Gasteiger partial charge is 0.193 e. The standard InChI is InChI=1S/C13H19N3/c1-2-3-10-4-6-11(7-5-10)15-13(14)16-12-8-9-12/h4-7,12H,2-3,8-9H2,1H3,(H3,14,15,16). The third kappa shape index (κ3) is 3.26. The second-order valence-corrected chi connectivity index (χ2v) is 4.32. The number of rotatable bonds is 4. The zero-order chi connectivity index (χ0) is 11.4. The molecule has 1 saturated carbocycles. The molecule has 0 radical (unpaired) electrons. The van der Waals surface area contributed by atoms with Crippen molar-refractivity contribution in [3.05, 3.63) is 29.8 Å². The van der Waals surface area contributed by atoms with E-state index in [-0.39, 0.29) is 0 Å². The van der Waals surface area contributed by atoms with Crippen LogP contribution < -0.4 is 11.1 Å². The van der Waals surface area contributed by atoms with Crippen molar-refractivity contribution in [1.29, 1.82) is 0 Å². The molecule has 1 fully saturated rings. The van der Waals surface area contributed by atoms with Crippen molar-refractivity contribution >= 4 is 11.6 Å². The number of anilines is 1. The van der Waals surface area contributed by atoms with Crippen molar-refractivity contribution in [3.8, 4) is 0 Å². The van der Waals surface area contributed by atoms with E-state index in [4.69, 9.17) is 5.73 Å². The van der Waals surface area contributed by atoms with Gasteiger partial charge in [0.25, 0.3) is 0 Å². The summed E-state index contributed by atoms with van der Waals surface area (Å²) < 4.78 is 0. The first kappa shape index (κ1) is 11.0. The van der Waals surface area contributed by atoms with Gasteiger partial charge in [-0.05, 0) is 37.0 Å². The van der Waals surface area contributed by atoms with Crippen LogP contribution in [0.3, 0.4) is 0 Å². The predicted molar refractivity (Wildman–Crippen MR) is 68.7 cm³/mol. The second kappa shape index (κ2) is 5.01. The van der Waals surface area contributed by atoms with Crippen LogP contribution in [0.2, 0.25) is 0 Å². The van der Waals surface area contributed by atoms with Gasteiger partial charge in [0.15, 0.2) is 5.96 Å². The normalized spacial score (nSPS) is 16.2. The van der Waals surface area contributed by atoms with E-state index in [1.165, 1.54) is 24.8 Å². The Kier molecular flexibility index (Phi) is 3.44. The van der Waals surface area contributed by atoms with Crippen LogP contribution in [0.25, 0.3) is 0 Å². The fourth-order valence-electron chi connectivity index (χ4n) is 1.62. The molecule has 1 aromatic carbocycles. The molecule has 1 aromatic rings. The van der Waals surface area contributed by atoms with Gasteiger partial charge in [-0.25, -0.2) is 4.99 Å². The van der Waals surface area contributed by atoms with Crippen LogP contribution >= 0.6 is 0 Å².